The molecule has 1 aliphatic rings. The Morgan fingerprint density at radius 1 is 0.880 bits per heavy atom. The number of hydrogen-bond donors (Lipinski definition) is 1. The number of hydrogen-bond acceptors (Lipinski definition) is 2. The molecule has 3 aromatic carbocycles. The molecule has 3 nitrogen and oxygen atoms in total. The molecule has 1 unspecified atom stereocenters. The Kier molecular flexibility index (Phi) is 3.98. The lowest BCUT2D eigenvalue weighted by Gasteiger charge is -2.38. The summed E-state index contributed by atoms with van der Waals surface area (Å²) in [6, 6.07) is 26.0. The maximum absolute atomic E-state index is 13.2. The third-order valence-corrected chi connectivity index (χ3v) is 4.66. The van der Waals surface area contributed by atoms with Gasteiger partial charge in [0, 0.05) is 11.4 Å². The van der Waals surface area contributed by atoms with Crippen molar-refractivity contribution in [2.75, 3.05) is 10.2 Å². The zero-order chi connectivity index (χ0) is 17.2. The van der Waals surface area contributed by atoms with E-state index in [1.165, 1.54) is 5.56 Å². The molecule has 0 aliphatic carbocycles. The van der Waals surface area contributed by atoms with E-state index in [0.29, 0.717) is 5.56 Å². The lowest BCUT2D eigenvalue weighted by atomic mass is 10.0. The molecule has 0 fully saturated rings. The van der Waals surface area contributed by atoms with Gasteiger partial charge in [-0.1, -0.05) is 61.5 Å². The zero-order valence-corrected chi connectivity index (χ0v) is 14.1. The van der Waals surface area contributed by atoms with Crippen LogP contribution in [0.5, 0.6) is 0 Å². The van der Waals surface area contributed by atoms with Crippen LogP contribution in [-0.2, 0) is 6.42 Å². The number of nitrogens with one attached hydrogen (secondary N) is 1. The first-order valence-electron chi connectivity index (χ1n) is 8.61. The fraction of sp³-hybridized carbons (Fsp3) is 0.136. The normalized spacial score (nSPS) is 16.3. The van der Waals surface area contributed by atoms with Gasteiger partial charge in [0.15, 0.2) is 0 Å². The Morgan fingerprint density at radius 2 is 1.56 bits per heavy atom. The highest BCUT2D eigenvalue weighted by molar-refractivity contribution is 6.12. The van der Waals surface area contributed by atoms with Crippen molar-refractivity contribution < 1.29 is 4.79 Å². The average Bonchev–Trinajstić information content (AvgIpc) is 2.69. The van der Waals surface area contributed by atoms with E-state index in [1.807, 2.05) is 71.6 Å². The number of amides is 1. The summed E-state index contributed by atoms with van der Waals surface area (Å²) in [5.41, 5.74) is 4.80. The topological polar surface area (TPSA) is 32.3 Å². The standard InChI is InChI=1S/C22H20N2O/c1-2-16-12-14-18(15-13-16)24-21(17-8-4-3-5-9-17)23-20-11-7-6-10-19(20)22(24)25/h3-15,21,23H,2H2,1H3. The molecule has 1 amide bonds. The van der Waals surface area contributed by atoms with E-state index in [9.17, 15) is 4.79 Å². The molecule has 1 N–H and O–H groups in total. The van der Waals surface area contributed by atoms with Gasteiger partial charge in [-0.15, -0.1) is 0 Å². The van der Waals surface area contributed by atoms with E-state index >= 15 is 0 Å². The second-order valence-electron chi connectivity index (χ2n) is 6.20. The van der Waals surface area contributed by atoms with Crippen molar-refractivity contribution in [3.63, 3.8) is 0 Å². The van der Waals surface area contributed by atoms with Gasteiger partial charge in [0.05, 0.1) is 5.56 Å². The Balaban J connectivity index is 1.83. The van der Waals surface area contributed by atoms with Crippen molar-refractivity contribution in [3.05, 3.63) is 95.6 Å². The van der Waals surface area contributed by atoms with Crippen molar-refractivity contribution in [2.24, 2.45) is 0 Å². The Morgan fingerprint density at radius 3 is 2.28 bits per heavy atom. The van der Waals surface area contributed by atoms with Crippen LogP contribution >= 0.6 is 0 Å². The van der Waals surface area contributed by atoms with Gasteiger partial charge in [-0.2, -0.15) is 0 Å². The van der Waals surface area contributed by atoms with Crippen LogP contribution in [0.25, 0.3) is 0 Å². The number of benzene rings is 3. The van der Waals surface area contributed by atoms with E-state index in [2.05, 4.69) is 24.4 Å². The molecular weight excluding hydrogens is 308 g/mol. The number of fused-ring (bicyclic) bond motifs is 1. The van der Waals surface area contributed by atoms with Crippen LogP contribution in [0.3, 0.4) is 0 Å². The van der Waals surface area contributed by atoms with Crippen LogP contribution in [0.15, 0.2) is 78.9 Å². The third-order valence-electron chi connectivity index (χ3n) is 4.66. The predicted molar refractivity (Wildman–Crippen MR) is 102 cm³/mol. The molecule has 0 radical (unpaired) electrons. The first-order valence-corrected chi connectivity index (χ1v) is 8.61. The number of carbonyl (C=O) groups is 1. The molecule has 0 spiro atoms. The number of para-hydroxylation sites is 1. The molecule has 0 aromatic heterocycles. The minimum Gasteiger partial charge on any atom is -0.360 e. The number of aryl methyl sites for hydroxylation is 1. The number of rotatable bonds is 3. The summed E-state index contributed by atoms with van der Waals surface area (Å²) in [6.45, 7) is 2.13. The van der Waals surface area contributed by atoms with E-state index in [4.69, 9.17) is 0 Å². The first kappa shape index (κ1) is 15.5. The van der Waals surface area contributed by atoms with Crippen molar-refractivity contribution in [1.82, 2.24) is 0 Å². The first-order chi connectivity index (χ1) is 12.3. The predicted octanol–water partition coefficient (Wildman–Crippen LogP) is 5.02. The highest BCUT2D eigenvalue weighted by Gasteiger charge is 2.33. The largest absolute Gasteiger partial charge is 0.360 e. The molecule has 1 aliphatic heterocycles. The molecule has 0 saturated heterocycles. The molecule has 0 saturated carbocycles. The van der Waals surface area contributed by atoms with Crippen LogP contribution in [-0.4, -0.2) is 5.91 Å². The van der Waals surface area contributed by atoms with Crippen molar-refractivity contribution in [3.8, 4) is 0 Å². The smallest absolute Gasteiger partial charge is 0.262 e. The molecular formula is C22H20N2O. The molecule has 25 heavy (non-hydrogen) atoms. The summed E-state index contributed by atoms with van der Waals surface area (Å²) < 4.78 is 0. The van der Waals surface area contributed by atoms with Crippen LogP contribution in [0.4, 0.5) is 11.4 Å². The average molecular weight is 328 g/mol. The second kappa shape index (κ2) is 6.44. The third kappa shape index (κ3) is 2.78. The van der Waals surface area contributed by atoms with E-state index in [0.717, 1.165) is 23.4 Å². The molecule has 3 aromatic rings. The summed E-state index contributed by atoms with van der Waals surface area (Å²) in [5.74, 6) is 0.0208. The lowest BCUT2D eigenvalue weighted by Crippen LogP contribution is -2.43. The second-order valence-corrected chi connectivity index (χ2v) is 6.20. The maximum atomic E-state index is 13.2. The number of nitrogens with zero attached hydrogens (tertiary/aromatic N) is 1. The lowest BCUT2D eigenvalue weighted by molar-refractivity contribution is 0.0975. The number of carbonyl (C=O) groups excluding carboxylic acids is 1. The van der Waals surface area contributed by atoms with Gasteiger partial charge >= 0.3 is 0 Å². The molecule has 124 valence electrons. The highest BCUT2D eigenvalue weighted by atomic mass is 16.2. The van der Waals surface area contributed by atoms with Gasteiger partial charge in [-0.25, -0.2) is 0 Å². The fourth-order valence-corrected chi connectivity index (χ4v) is 3.28. The van der Waals surface area contributed by atoms with Gasteiger partial charge < -0.3 is 5.32 Å². The quantitative estimate of drug-likeness (QED) is 0.732. The summed E-state index contributed by atoms with van der Waals surface area (Å²) >= 11 is 0. The summed E-state index contributed by atoms with van der Waals surface area (Å²) in [7, 11) is 0. The highest BCUT2D eigenvalue weighted by Crippen LogP contribution is 2.36. The molecule has 4 rings (SSSR count). The Hall–Kier alpha value is -3.07. The van der Waals surface area contributed by atoms with E-state index in [1.54, 1.807) is 0 Å². The van der Waals surface area contributed by atoms with Gasteiger partial charge in [0.2, 0.25) is 0 Å². The van der Waals surface area contributed by atoms with Crippen LogP contribution < -0.4 is 10.2 Å². The van der Waals surface area contributed by atoms with Crippen molar-refractivity contribution in [2.45, 2.75) is 19.5 Å². The summed E-state index contributed by atoms with van der Waals surface area (Å²) in [6.07, 6.45) is 0.758. The minimum absolute atomic E-state index is 0.0208. The van der Waals surface area contributed by atoms with E-state index < -0.39 is 0 Å². The SMILES string of the molecule is CCc1ccc(N2C(=O)c3ccccc3NC2c2ccccc2)cc1. The van der Waals surface area contributed by atoms with Crippen LogP contribution in [0.1, 0.15) is 34.6 Å². The zero-order valence-electron chi connectivity index (χ0n) is 14.1. The Labute approximate surface area is 147 Å². The number of anilines is 2. The van der Waals surface area contributed by atoms with Gasteiger partial charge in [-0.05, 0) is 41.8 Å². The monoisotopic (exact) mass is 328 g/mol. The van der Waals surface area contributed by atoms with Gasteiger partial charge in [0.1, 0.15) is 6.17 Å². The van der Waals surface area contributed by atoms with E-state index in [-0.39, 0.29) is 12.1 Å². The Bertz CT molecular complexity index is 887. The molecule has 1 atom stereocenters. The van der Waals surface area contributed by atoms with Gasteiger partial charge in [-0.3, -0.25) is 9.69 Å². The van der Waals surface area contributed by atoms with Crippen LogP contribution in [0.2, 0.25) is 0 Å². The van der Waals surface area contributed by atoms with Crippen molar-refractivity contribution >= 4 is 17.3 Å². The summed E-state index contributed by atoms with van der Waals surface area (Å²) in [4.78, 5) is 15.1. The van der Waals surface area contributed by atoms with Crippen LogP contribution in [0, 0.1) is 0 Å². The van der Waals surface area contributed by atoms with Crippen molar-refractivity contribution in [1.29, 1.82) is 0 Å². The molecule has 0 bridgehead atoms. The maximum Gasteiger partial charge on any atom is 0.262 e. The fourth-order valence-electron chi connectivity index (χ4n) is 3.28. The summed E-state index contributed by atoms with van der Waals surface area (Å²) in [5, 5.41) is 3.53. The minimum atomic E-state index is -0.226. The van der Waals surface area contributed by atoms with Gasteiger partial charge in [0.25, 0.3) is 5.91 Å². The molecule has 3 heteroatoms. The molecule has 1 heterocycles.